The van der Waals surface area contributed by atoms with Gasteiger partial charge < -0.3 is 10.2 Å². The molecular weight excluding hydrogens is 390 g/mol. The Labute approximate surface area is 180 Å². The van der Waals surface area contributed by atoms with Crippen LogP contribution in [0.25, 0.3) is 0 Å². The number of fused-ring (bicyclic) bond motifs is 2. The fraction of sp³-hybridized carbons (Fsp3) is 0.160. The van der Waals surface area contributed by atoms with E-state index in [4.69, 9.17) is 9.78 Å². The van der Waals surface area contributed by atoms with Gasteiger partial charge in [-0.3, -0.25) is 4.79 Å². The maximum atomic E-state index is 12.3. The summed E-state index contributed by atoms with van der Waals surface area (Å²) in [5.41, 5.74) is 7.50. The lowest BCUT2D eigenvalue weighted by Crippen LogP contribution is -2.14. The summed E-state index contributed by atoms with van der Waals surface area (Å²) in [6.07, 6.45) is 1.04. The summed E-state index contributed by atoms with van der Waals surface area (Å²) in [5, 5.41) is 11.9. The molecule has 6 nitrogen and oxygen atoms in total. The smallest absolute Gasteiger partial charge is 0.228 e. The molecule has 0 bridgehead atoms. The zero-order valence-electron chi connectivity index (χ0n) is 17.1. The zero-order valence-corrected chi connectivity index (χ0v) is 17.1. The zero-order chi connectivity index (χ0) is 21.2. The molecular formula is C25H21N3O3. The van der Waals surface area contributed by atoms with Gasteiger partial charge in [0.2, 0.25) is 5.91 Å². The normalized spacial score (nSPS) is 14.5. The lowest BCUT2D eigenvalue weighted by atomic mass is 9.93. The van der Waals surface area contributed by atoms with Crippen LogP contribution in [0.4, 0.5) is 5.69 Å². The average Bonchev–Trinajstić information content (AvgIpc) is 3.16. The van der Waals surface area contributed by atoms with Gasteiger partial charge in [-0.15, -0.1) is 5.10 Å². The van der Waals surface area contributed by atoms with Gasteiger partial charge in [0.25, 0.3) is 0 Å². The van der Waals surface area contributed by atoms with Crippen molar-refractivity contribution in [3.8, 4) is 5.75 Å². The number of anilines is 1. The first-order valence-corrected chi connectivity index (χ1v) is 10.2. The molecule has 3 aromatic carbocycles. The summed E-state index contributed by atoms with van der Waals surface area (Å²) in [6.45, 7) is 2.38. The minimum absolute atomic E-state index is 0.0492. The Morgan fingerprint density at radius 1 is 1.00 bits per heavy atom. The van der Waals surface area contributed by atoms with Gasteiger partial charge in [-0.1, -0.05) is 42.5 Å². The highest BCUT2D eigenvalue weighted by Crippen LogP contribution is 2.32. The molecule has 6 heteroatoms. The van der Waals surface area contributed by atoms with Crippen LogP contribution < -0.4 is 10.2 Å². The van der Waals surface area contributed by atoms with Gasteiger partial charge in [0.1, 0.15) is 12.3 Å². The third-order valence-electron chi connectivity index (χ3n) is 5.32. The van der Waals surface area contributed by atoms with Crippen molar-refractivity contribution in [3.05, 3.63) is 94.5 Å². The third-order valence-corrected chi connectivity index (χ3v) is 5.32. The van der Waals surface area contributed by atoms with Crippen LogP contribution in [0.1, 0.15) is 34.7 Å². The molecule has 2 heterocycles. The number of carbonyl (C=O) groups excluding carboxylic acids is 1. The number of hydrogen-bond donors (Lipinski definition) is 1. The van der Waals surface area contributed by atoms with Gasteiger partial charge in [0.05, 0.1) is 6.42 Å². The molecule has 0 unspecified atom stereocenters. The molecule has 0 fully saturated rings. The summed E-state index contributed by atoms with van der Waals surface area (Å²) in [5.74, 6) is 0.705. The first-order valence-electron chi connectivity index (χ1n) is 10.2. The van der Waals surface area contributed by atoms with Gasteiger partial charge in [0.15, 0.2) is 5.75 Å². The fourth-order valence-electron chi connectivity index (χ4n) is 3.79. The monoisotopic (exact) mass is 411 g/mol. The van der Waals surface area contributed by atoms with Crippen LogP contribution in [0.5, 0.6) is 5.75 Å². The Morgan fingerprint density at radius 3 is 2.61 bits per heavy atom. The Morgan fingerprint density at radius 2 is 1.81 bits per heavy atom. The molecule has 154 valence electrons. The van der Waals surface area contributed by atoms with E-state index in [1.165, 1.54) is 0 Å². The molecule has 0 atom stereocenters. The molecule has 2 aliphatic heterocycles. The maximum Gasteiger partial charge on any atom is 0.228 e. The van der Waals surface area contributed by atoms with E-state index >= 15 is 0 Å². The van der Waals surface area contributed by atoms with Crippen LogP contribution in [-0.4, -0.2) is 17.3 Å². The Hall–Kier alpha value is -3.77. The second-order valence-electron chi connectivity index (χ2n) is 7.71. The van der Waals surface area contributed by atoms with Crippen LogP contribution in [0.2, 0.25) is 0 Å². The first-order chi connectivity index (χ1) is 15.2. The average molecular weight is 411 g/mol. The standard InChI is InChI=1S/C25H21N3O3/c1-16-11-19-14-23-20(15-30-31-23)13-22(19)25(28-27-16)18-7-9-21(10-8-18)26-24(29)12-17-5-3-2-4-6-17/h2-10,13-14H,11-12,15H2,1H3,(H,26,29). The van der Waals surface area contributed by atoms with Gasteiger partial charge in [-0.05, 0) is 42.3 Å². The van der Waals surface area contributed by atoms with Gasteiger partial charge in [-0.25, -0.2) is 0 Å². The van der Waals surface area contributed by atoms with E-state index in [0.29, 0.717) is 19.4 Å². The van der Waals surface area contributed by atoms with Gasteiger partial charge in [0, 0.05) is 34.5 Å². The van der Waals surface area contributed by atoms with E-state index in [9.17, 15) is 4.79 Å². The van der Waals surface area contributed by atoms with E-state index in [1.807, 2.05) is 67.6 Å². The largest absolute Gasteiger partial charge is 0.337 e. The van der Waals surface area contributed by atoms with Crippen LogP contribution in [-0.2, 0) is 29.1 Å². The minimum atomic E-state index is -0.0492. The lowest BCUT2D eigenvalue weighted by molar-refractivity contribution is -0.194. The van der Waals surface area contributed by atoms with Crippen LogP contribution in [0.3, 0.4) is 0 Å². The van der Waals surface area contributed by atoms with E-state index in [0.717, 1.165) is 50.7 Å². The summed E-state index contributed by atoms with van der Waals surface area (Å²) >= 11 is 0. The van der Waals surface area contributed by atoms with Crippen LogP contribution in [0, 0.1) is 0 Å². The molecule has 1 N–H and O–H groups in total. The summed E-state index contributed by atoms with van der Waals surface area (Å²) < 4.78 is 0. The van der Waals surface area contributed by atoms with E-state index in [-0.39, 0.29) is 5.91 Å². The quantitative estimate of drug-likeness (QED) is 0.644. The predicted molar refractivity (Wildman–Crippen MR) is 120 cm³/mol. The molecule has 0 saturated heterocycles. The van der Waals surface area contributed by atoms with Crippen LogP contribution in [0.15, 0.2) is 76.9 Å². The number of amides is 1. The number of nitrogens with one attached hydrogen (secondary N) is 1. The maximum absolute atomic E-state index is 12.3. The number of benzene rings is 3. The molecule has 5 rings (SSSR count). The highest BCUT2D eigenvalue weighted by Gasteiger charge is 2.22. The molecule has 0 spiro atoms. The number of carbonyl (C=O) groups is 1. The van der Waals surface area contributed by atoms with E-state index in [1.54, 1.807) is 0 Å². The number of nitrogens with zero attached hydrogens (tertiary/aromatic N) is 2. The highest BCUT2D eigenvalue weighted by atomic mass is 17.2. The van der Waals surface area contributed by atoms with Crippen molar-refractivity contribution in [2.45, 2.75) is 26.4 Å². The molecule has 0 aliphatic carbocycles. The molecule has 2 aliphatic rings. The van der Waals surface area contributed by atoms with E-state index < -0.39 is 0 Å². The van der Waals surface area contributed by atoms with Crippen molar-refractivity contribution in [3.63, 3.8) is 0 Å². The lowest BCUT2D eigenvalue weighted by Gasteiger charge is -2.12. The fourth-order valence-corrected chi connectivity index (χ4v) is 3.79. The van der Waals surface area contributed by atoms with Crippen molar-refractivity contribution in [1.29, 1.82) is 0 Å². The Bertz CT molecular complexity index is 1200. The summed E-state index contributed by atoms with van der Waals surface area (Å²) in [7, 11) is 0. The SMILES string of the molecule is CC1=NN=C(c2ccc(NC(=O)Cc3ccccc3)cc2)c2cc3c(cc2C1)OOC3. The molecule has 1 amide bonds. The summed E-state index contributed by atoms with van der Waals surface area (Å²) in [4.78, 5) is 22.7. The summed E-state index contributed by atoms with van der Waals surface area (Å²) in [6, 6.07) is 21.5. The molecule has 0 saturated carbocycles. The molecule has 31 heavy (non-hydrogen) atoms. The van der Waals surface area contributed by atoms with Crippen molar-refractivity contribution < 1.29 is 14.6 Å². The van der Waals surface area contributed by atoms with E-state index in [2.05, 4.69) is 21.6 Å². The van der Waals surface area contributed by atoms with Crippen molar-refractivity contribution >= 4 is 23.0 Å². The topological polar surface area (TPSA) is 72.3 Å². The molecule has 0 aromatic heterocycles. The van der Waals surface area contributed by atoms with Crippen molar-refractivity contribution in [2.24, 2.45) is 10.2 Å². The number of hydrogen-bond acceptors (Lipinski definition) is 5. The van der Waals surface area contributed by atoms with Gasteiger partial charge >= 0.3 is 0 Å². The third kappa shape index (κ3) is 4.11. The van der Waals surface area contributed by atoms with Gasteiger partial charge in [-0.2, -0.15) is 9.99 Å². The minimum Gasteiger partial charge on any atom is -0.337 e. The Kier molecular flexibility index (Phi) is 5.06. The Balaban J connectivity index is 1.39. The van der Waals surface area contributed by atoms with Crippen molar-refractivity contribution in [2.75, 3.05) is 5.32 Å². The van der Waals surface area contributed by atoms with Crippen molar-refractivity contribution in [1.82, 2.24) is 0 Å². The second-order valence-corrected chi connectivity index (χ2v) is 7.71. The highest BCUT2D eigenvalue weighted by molar-refractivity contribution is 6.15. The van der Waals surface area contributed by atoms with Crippen LogP contribution >= 0.6 is 0 Å². The second kappa shape index (κ2) is 8.16. The number of rotatable bonds is 4. The first kappa shape index (κ1) is 19.2. The molecule has 0 radical (unpaired) electrons. The predicted octanol–water partition coefficient (Wildman–Crippen LogP) is 4.46. The molecule has 3 aromatic rings.